The summed E-state index contributed by atoms with van der Waals surface area (Å²) in [4.78, 5) is 12.5. The molecule has 0 heterocycles. The molecule has 0 amide bonds. The standard InChI is InChI=1S/C21H29F3O4/c1-3-27-12-6-4-5-7-19(21(22,23)24)28-20(26)18-10-8-15-13-16(25)9-11-17(15)14(18)2/h9,11,13-14,18-19,25H,3-8,10,12H2,1-2H3/t14?,18?,19-/m1/s1. The molecule has 1 aliphatic carbocycles. The fourth-order valence-corrected chi connectivity index (χ4v) is 3.72. The number of phenols is 1. The lowest BCUT2D eigenvalue weighted by Gasteiger charge is -2.31. The van der Waals surface area contributed by atoms with Crippen molar-refractivity contribution >= 4 is 5.97 Å². The van der Waals surface area contributed by atoms with Gasteiger partial charge in [-0.15, -0.1) is 0 Å². The number of benzene rings is 1. The molecule has 28 heavy (non-hydrogen) atoms. The molecule has 0 aliphatic heterocycles. The lowest BCUT2D eigenvalue weighted by atomic mass is 9.76. The van der Waals surface area contributed by atoms with Crippen molar-refractivity contribution in [3.8, 4) is 5.75 Å². The van der Waals surface area contributed by atoms with E-state index in [-0.39, 0.29) is 18.1 Å². The van der Waals surface area contributed by atoms with E-state index in [0.717, 1.165) is 11.1 Å². The highest BCUT2D eigenvalue weighted by atomic mass is 19.4. The Hall–Kier alpha value is -1.76. The summed E-state index contributed by atoms with van der Waals surface area (Å²) in [6.45, 7) is 4.80. The monoisotopic (exact) mass is 402 g/mol. The molecule has 0 saturated carbocycles. The van der Waals surface area contributed by atoms with Crippen molar-refractivity contribution in [1.29, 1.82) is 0 Å². The first-order valence-electron chi connectivity index (χ1n) is 9.90. The molecule has 0 bridgehead atoms. The molecular weight excluding hydrogens is 373 g/mol. The SMILES string of the molecule is CCOCCCCC[C@@H](OC(=O)C1CCc2cc(O)ccc2C1C)C(F)(F)F. The molecule has 1 N–H and O–H groups in total. The Morgan fingerprint density at radius 1 is 1.29 bits per heavy atom. The molecule has 1 aromatic rings. The normalized spacial score (nSPS) is 20.5. The fourth-order valence-electron chi connectivity index (χ4n) is 3.72. The van der Waals surface area contributed by atoms with Crippen molar-refractivity contribution < 1.29 is 32.5 Å². The number of esters is 1. The summed E-state index contributed by atoms with van der Waals surface area (Å²) >= 11 is 0. The van der Waals surface area contributed by atoms with E-state index in [1.807, 2.05) is 13.8 Å². The number of carbonyl (C=O) groups is 1. The Labute approximate surface area is 164 Å². The Kier molecular flexibility index (Phi) is 8.16. The van der Waals surface area contributed by atoms with Gasteiger partial charge in [-0.2, -0.15) is 13.2 Å². The van der Waals surface area contributed by atoms with Crippen molar-refractivity contribution in [2.45, 2.75) is 70.6 Å². The minimum Gasteiger partial charge on any atom is -0.508 e. The molecule has 0 radical (unpaired) electrons. The van der Waals surface area contributed by atoms with Gasteiger partial charge in [0.1, 0.15) is 5.75 Å². The number of hydrogen-bond donors (Lipinski definition) is 1. The number of phenolic OH excluding ortho intramolecular Hbond substituents is 1. The van der Waals surface area contributed by atoms with Crippen LogP contribution in [0.5, 0.6) is 5.75 Å². The molecule has 4 nitrogen and oxygen atoms in total. The molecule has 3 atom stereocenters. The number of ether oxygens (including phenoxy) is 2. The highest BCUT2D eigenvalue weighted by Crippen LogP contribution is 2.39. The predicted molar refractivity (Wildman–Crippen MR) is 99.2 cm³/mol. The molecule has 1 aliphatic rings. The number of aryl methyl sites for hydroxylation is 1. The van der Waals surface area contributed by atoms with Gasteiger partial charge in [0.05, 0.1) is 5.92 Å². The quantitative estimate of drug-likeness (QED) is 0.460. The zero-order valence-electron chi connectivity index (χ0n) is 16.4. The number of halogens is 3. The first kappa shape index (κ1) is 22.5. The molecule has 7 heteroatoms. The van der Waals surface area contributed by atoms with Crippen molar-refractivity contribution in [3.63, 3.8) is 0 Å². The number of fused-ring (bicyclic) bond motifs is 1. The van der Waals surface area contributed by atoms with E-state index in [1.54, 1.807) is 12.1 Å². The lowest BCUT2D eigenvalue weighted by Crippen LogP contribution is -2.37. The van der Waals surface area contributed by atoms with Crippen LogP contribution in [0.1, 0.15) is 63.0 Å². The minimum atomic E-state index is -4.57. The van der Waals surface area contributed by atoms with E-state index >= 15 is 0 Å². The third kappa shape index (κ3) is 6.12. The Balaban J connectivity index is 1.94. The summed E-state index contributed by atoms with van der Waals surface area (Å²) < 4.78 is 50.1. The van der Waals surface area contributed by atoms with Gasteiger partial charge in [-0.3, -0.25) is 4.79 Å². The zero-order chi connectivity index (χ0) is 20.7. The van der Waals surface area contributed by atoms with Crippen LogP contribution in [0.15, 0.2) is 18.2 Å². The Bertz CT molecular complexity index is 645. The van der Waals surface area contributed by atoms with Crippen LogP contribution in [0.2, 0.25) is 0 Å². The van der Waals surface area contributed by atoms with E-state index in [1.165, 1.54) is 6.07 Å². The number of aromatic hydroxyl groups is 1. The van der Waals surface area contributed by atoms with Crippen LogP contribution in [0, 0.1) is 5.92 Å². The van der Waals surface area contributed by atoms with E-state index in [4.69, 9.17) is 9.47 Å². The van der Waals surface area contributed by atoms with Gasteiger partial charge in [-0.05, 0) is 68.2 Å². The number of carbonyl (C=O) groups excluding carboxylic acids is 1. The predicted octanol–water partition coefficient (Wildman–Crippen LogP) is 5.13. The second-order valence-electron chi connectivity index (χ2n) is 7.33. The van der Waals surface area contributed by atoms with Crippen molar-refractivity contribution in [2.75, 3.05) is 13.2 Å². The van der Waals surface area contributed by atoms with Crippen molar-refractivity contribution in [1.82, 2.24) is 0 Å². The summed E-state index contributed by atoms with van der Waals surface area (Å²) in [5.74, 6) is -1.51. The van der Waals surface area contributed by atoms with Gasteiger partial charge in [0.2, 0.25) is 0 Å². The molecule has 0 spiro atoms. The van der Waals surface area contributed by atoms with Gasteiger partial charge in [-0.1, -0.05) is 19.4 Å². The van der Waals surface area contributed by atoms with Crippen molar-refractivity contribution in [3.05, 3.63) is 29.3 Å². The third-order valence-electron chi connectivity index (χ3n) is 5.33. The summed E-state index contributed by atoms with van der Waals surface area (Å²) in [5, 5.41) is 9.58. The van der Waals surface area contributed by atoms with Crippen LogP contribution < -0.4 is 0 Å². The smallest absolute Gasteiger partial charge is 0.425 e. The van der Waals surface area contributed by atoms with E-state index < -0.39 is 24.2 Å². The van der Waals surface area contributed by atoms with E-state index in [2.05, 4.69) is 0 Å². The van der Waals surface area contributed by atoms with Gasteiger partial charge in [0.25, 0.3) is 0 Å². The number of rotatable bonds is 9. The highest BCUT2D eigenvalue weighted by molar-refractivity contribution is 5.74. The summed E-state index contributed by atoms with van der Waals surface area (Å²) in [5.41, 5.74) is 1.81. The number of hydrogen-bond acceptors (Lipinski definition) is 4. The second kappa shape index (κ2) is 10.1. The Morgan fingerprint density at radius 3 is 2.71 bits per heavy atom. The fraction of sp³-hybridized carbons (Fsp3) is 0.667. The summed E-state index contributed by atoms with van der Waals surface area (Å²) in [6.07, 6.45) is -4.31. The maximum atomic E-state index is 13.3. The zero-order valence-corrected chi connectivity index (χ0v) is 16.4. The molecule has 0 aromatic heterocycles. The first-order chi connectivity index (χ1) is 13.2. The highest BCUT2D eigenvalue weighted by Gasteiger charge is 2.44. The first-order valence-corrected chi connectivity index (χ1v) is 9.90. The summed E-state index contributed by atoms with van der Waals surface area (Å²) in [7, 11) is 0. The molecule has 0 saturated heterocycles. The van der Waals surface area contributed by atoms with Crippen LogP contribution in [-0.4, -0.2) is 36.6 Å². The van der Waals surface area contributed by atoms with Gasteiger partial charge in [0, 0.05) is 13.2 Å². The Morgan fingerprint density at radius 2 is 2.04 bits per heavy atom. The number of unbranched alkanes of at least 4 members (excludes halogenated alkanes) is 2. The molecule has 2 rings (SSSR count). The third-order valence-corrected chi connectivity index (χ3v) is 5.33. The second-order valence-corrected chi connectivity index (χ2v) is 7.33. The largest absolute Gasteiger partial charge is 0.508 e. The van der Waals surface area contributed by atoms with Crippen molar-refractivity contribution in [2.24, 2.45) is 5.92 Å². The van der Waals surface area contributed by atoms with Crippen LogP contribution in [0.25, 0.3) is 0 Å². The molecule has 0 fully saturated rings. The molecule has 1 aromatic carbocycles. The topological polar surface area (TPSA) is 55.8 Å². The van der Waals surface area contributed by atoms with Crippen LogP contribution in [0.4, 0.5) is 13.2 Å². The van der Waals surface area contributed by atoms with Gasteiger partial charge < -0.3 is 14.6 Å². The summed E-state index contributed by atoms with van der Waals surface area (Å²) in [6, 6.07) is 4.91. The van der Waals surface area contributed by atoms with E-state index in [0.29, 0.717) is 45.3 Å². The van der Waals surface area contributed by atoms with Crippen LogP contribution >= 0.6 is 0 Å². The molecule has 2 unspecified atom stereocenters. The maximum absolute atomic E-state index is 13.3. The average molecular weight is 402 g/mol. The lowest BCUT2D eigenvalue weighted by molar-refractivity contribution is -0.225. The van der Waals surface area contributed by atoms with Gasteiger partial charge in [0.15, 0.2) is 6.10 Å². The number of alkyl halides is 3. The molecule has 158 valence electrons. The van der Waals surface area contributed by atoms with Crippen LogP contribution in [-0.2, 0) is 20.7 Å². The van der Waals surface area contributed by atoms with Gasteiger partial charge >= 0.3 is 12.1 Å². The van der Waals surface area contributed by atoms with E-state index in [9.17, 15) is 23.1 Å². The molecular formula is C21H29F3O4. The minimum absolute atomic E-state index is 0.147. The average Bonchev–Trinajstić information content (AvgIpc) is 2.62. The maximum Gasteiger partial charge on any atom is 0.425 e. The van der Waals surface area contributed by atoms with Crippen LogP contribution in [0.3, 0.4) is 0 Å². The van der Waals surface area contributed by atoms with Gasteiger partial charge in [-0.25, -0.2) is 0 Å².